The van der Waals surface area contributed by atoms with Crippen LogP contribution in [0.1, 0.15) is 19.5 Å². The van der Waals surface area contributed by atoms with Crippen molar-refractivity contribution in [3.05, 3.63) is 18.2 Å². The summed E-state index contributed by atoms with van der Waals surface area (Å²) < 4.78 is 6.67. The molecule has 0 aliphatic carbocycles. The van der Waals surface area contributed by atoms with Crippen LogP contribution in [0.3, 0.4) is 0 Å². The van der Waals surface area contributed by atoms with Gasteiger partial charge in [-0.1, -0.05) is 13.8 Å². The second kappa shape index (κ2) is 5.65. The summed E-state index contributed by atoms with van der Waals surface area (Å²) in [4.78, 5) is 15.5. The first-order valence-corrected chi connectivity index (χ1v) is 5.32. The third-order valence-corrected chi connectivity index (χ3v) is 2.54. The molecule has 0 amide bonds. The van der Waals surface area contributed by atoms with Crippen molar-refractivity contribution in [2.24, 2.45) is 13.0 Å². The van der Waals surface area contributed by atoms with Crippen LogP contribution in [0, 0.1) is 5.92 Å². The van der Waals surface area contributed by atoms with Gasteiger partial charge in [0.25, 0.3) is 0 Å². The minimum absolute atomic E-state index is 0.195. The maximum Gasteiger partial charge on any atom is 0.323 e. The monoisotopic (exact) mass is 225 g/mol. The summed E-state index contributed by atoms with van der Waals surface area (Å²) in [5, 5.41) is 3.18. The average Bonchev–Trinajstić information content (AvgIpc) is 2.64. The first-order chi connectivity index (χ1) is 7.56. The van der Waals surface area contributed by atoms with Gasteiger partial charge in [-0.15, -0.1) is 0 Å². The maximum atomic E-state index is 11.5. The molecule has 0 aliphatic rings. The Hall–Kier alpha value is -1.36. The summed E-state index contributed by atoms with van der Waals surface area (Å²) >= 11 is 0. The van der Waals surface area contributed by atoms with Crippen molar-refractivity contribution in [2.45, 2.75) is 26.4 Å². The number of rotatable bonds is 5. The van der Waals surface area contributed by atoms with Gasteiger partial charge in [-0.05, 0) is 5.92 Å². The number of nitrogens with zero attached hydrogens (tertiary/aromatic N) is 2. The first kappa shape index (κ1) is 12.7. The lowest BCUT2D eigenvalue weighted by molar-refractivity contribution is -0.144. The summed E-state index contributed by atoms with van der Waals surface area (Å²) in [6.45, 7) is 4.57. The number of carbonyl (C=O) groups excluding carboxylic acids is 1. The van der Waals surface area contributed by atoms with E-state index in [1.165, 1.54) is 7.11 Å². The largest absolute Gasteiger partial charge is 0.468 e. The molecule has 0 unspecified atom stereocenters. The van der Waals surface area contributed by atoms with E-state index in [0.717, 1.165) is 5.69 Å². The predicted molar refractivity (Wildman–Crippen MR) is 60.7 cm³/mol. The van der Waals surface area contributed by atoms with E-state index >= 15 is 0 Å². The van der Waals surface area contributed by atoms with E-state index in [1.807, 2.05) is 25.5 Å². The molecule has 0 fully saturated rings. The van der Waals surface area contributed by atoms with E-state index in [2.05, 4.69) is 10.3 Å². The molecule has 1 rings (SSSR count). The molecule has 0 spiro atoms. The Bertz CT molecular complexity index is 347. The second-order valence-corrected chi connectivity index (χ2v) is 4.12. The summed E-state index contributed by atoms with van der Waals surface area (Å²) in [5.74, 6) is -0.0298. The summed E-state index contributed by atoms with van der Waals surface area (Å²) in [6.07, 6.45) is 3.52. The molecule has 1 atom stereocenters. The zero-order valence-corrected chi connectivity index (χ0v) is 10.2. The normalized spacial score (nSPS) is 12.8. The van der Waals surface area contributed by atoms with Gasteiger partial charge in [0.05, 0.1) is 19.1 Å². The van der Waals surface area contributed by atoms with Gasteiger partial charge in [-0.25, -0.2) is 4.98 Å². The molecule has 90 valence electrons. The Morgan fingerprint density at radius 2 is 2.31 bits per heavy atom. The van der Waals surface area contributed by atoms with Gasteiger partial charge in [-0.2, -0.15) is 0 Å². The number of nitrogens with one attached hydrogen (secondary N) is 1. The average molecular weight is 225 g/mol. The van der Waals surface area contributed by atoms with Gasteiger partial charge in [0.2, 0.25) is 0 Å². The fourth-order valence-electron chi connectivity index (χ4n) is 1.49. The predicted octanol–water partition coefficient (Wildman–Crippen LogP) is 0.707. The zero-order chi connectivity index (χ0) is 12.1. The van der Waals surface area contributed by atoms with Crippen molar-refractivity contribution in [1.29, 1.82) is 0 Å². The highest BCUT2D eigenvalue weighted by atomic mass is 16.5. The molecule has 1 N–H and O–H groups in total. The van der Waals surface area contributed by atoms with Gasteiger partial charge in [0.1, 0.15) is 6.04 Å². The van der Waals surface area contributed by atoms with Crippen LogP contribution in [0.2, 0.25) is 0 Å². The van der Waals surface area contributed by atoms with E-state index in [9.17, 15) is 4.79 Å². The standard InChI is InChI=1S/C11H19N3O2/c1-8(2)10(11(15)16-4)13-6-9-5-12-7-14(9)3/h5,7-8,10,13H,6H2,1-4H3/t10-/m0/s1. The molecule has 1 heterocycles. The molecule has 1 aromatic heterocycles. The smallest absolute Gasteiger partial charge is 0.323 e. The summed E-state index contributed by atoms with van der Waals surface area (Å²) in [6, 6.07) is -0.278. The minimum atomic E-state index is -0.278. The lowest BCUT2D eigenvalue weighted by atomic mass is 10.0. The molecule has 0 aromatic carbocycles. The van der Waals surface area contributed by atoms with Crippen molar-refractivity contribution in [3.63, 3.8) is 0 Å². The van der Waals surface area contributed by atoms with E-state index < -0.39 is 0 Å². The highest BCUT2D eigenvalue weighted by Gasteiger charge is 2.22. The Kier molecular flexibility index (Phi) is 4.49. The number of aromatic nitrogens is 2. The molecule has 5 nitrogen and oxygen atoms in total. The Labute approximate surface area is 95.8 Å². The Morgan fingerprint density at radius 3 is 2.75 bits per heavy atom. The lowest BCUT2D eigenvalue weighted by Crippen LogP contribution is -2.41. The van der Waals surface area contributed by atoms with Crippen LogP contribution in [0.4, 0.5) is 0 Å². The SMILES string of the molecule is COC(=O)[C@@H](NCc1cncn1C)C(C)C. The Morgan fingerprint density at radius 1 is 1.62 bits per heavy atom. The molecule has 0 saturated carbocycles. The van der Waals surface area contributed by atoms with Crippen LogP contribution in [0.25, 0.3) is 0 Å². The van der Waals surface area contributed by atoms with Crippen LogP contribution < -0.4 is 5.32 Å². The van der Waals surface area contributed by atoms with Crippen LogP contribution in [0.5, 0.6) is 0 Å². The van der Waals surface area contributed by atoms with Gasteiger partial charge in [0.15, 0.2) is 0 Å². The lowest BCUT2D eigenvalue weighted by Gasteiger charge is -2.19. The van der Waals surface area contributed by atoms with E-state index in [0.29, 0.717) is 6.54 Å². The molecular formula is C11H19N3O2. The molecular weight excluding hydrogens is 206 g/mol. The molecule has 1 aromatic rings. The van der Waals surface area contributed by atoms with E-state index in [-0.39, 0.29) is 17.9 Å². The number of aryl methyl sites for hydroxylation is 1. The first-order valence-electron chi connectivity index (χ1n) is 5.32. The van der Waals surface area contributed by atoms with Crippen molar-refractivity contribution in [2.75, 3.05) is 7.11 Å². The van der Waals surface area contributed by atoms with Crippen molar-refractivity contribution < 1.29 is 9.53 Å². The second-order valence-electron chi connectivity index (χ2n) is 4.12. The topological polar surface area (TPSA) is 56.1 Å². The number of imidazole rings is 1. The summed E-state index contributed by atoms with van der Waals surface area (Å²) in [5.41, 5.74) is 1.04. The highest BCUT2D eigenvalue weighted by molar-refractivity contribution is 5.75. The third kappa shape index (κ3) is 3.06. The molecule has 0 saturated heterocycles. The Balaban J connectivity index is 2.57. The fourth-order valence-corrected chi connectivity index (χ4v) is 1.49. The third-order valence-electron chi connectivity index (χ3n) is 2.54. The molecule has 0 bridgehead atoms. The number of methoxy groups -OCH3 is 1. The number of ether oxygens (including phenoxy) is 1. The summed E-state index contributed by atoms with van der Waals surface area (Å²) in [7, 11) is 3.33. The van der Waals surface area contributed by atoms with Gasteiger partial charge >= 0.3 is 5.97 Å². The van der Waals surface area contributed by atoms with Crippen LogP contribution in [0.15, 0.2) is 12.5 Å². The van der Waals surface area contributed by atoms with Crippen molar-refractivity contribution in [3.8, 4) is 0 Å². The van der Waals surface area contributed by atoms with Crippen LogP contribution in [-0.4, -0.2) is 28.7 Å². The van der Waals surface area contributed by atoms with E-state index in [1.54, 1.807) is 12.5 Å². The highest BCUT2D eigenvalue weighted by Crippen LogP contribution is 2.05. The number of hydrogen-bond acceptors (Lipinski definition) is 4. The van der Waals surface area contributed by atoms with Crippen molar-refractivity contribution in [1.82, 2.24) is 14.9 Å². The minimum Gasteiger partial charge on any atom is -0.468 e. The molecule has 16 heavy (non-hydrogen) atoms. The van der Waals surface area contributed by atoms with Crippen LogP contribution in [-0.2, 0) is 23.1 Å². The van der Waals surface area contributed by atoms with Gasteiger partial charge < -0.3 is 9.30 Å². The van der Waals surface area contributed by atoms with Gasteiger partial charge in [0, 0.05) is 19.8 Å². The van der Waals surface area contributed by atoms with Gasteiger partial charge in [-0.3, -0.25) is 10.1 Å². The van der Waals surface area contributed by atoms with Crippen molar-refractivity contribution >= 4 is 5.97 Å². The van der Waals surface area contributed by atoms with E-state index in [4.69, 9.17) is 4.74 Å². The molecule has 5 heteroatoms. The quantitative estimate of drug-likeness (QED) is 0.750. The molecule has 0 aliphatic heterocycles. The maximum absolute atomic E-state index is 11.5. The number of carbonyl (C=O) groups is 1. The fraction of sp³-hybridized carbons (Fsp3) is 0.636. The zero-order valence-electron chi connectivity index (χ0n) is 10.2. The number of esters is 1. The number of hydrogen-bond donors (Lipinski definition) is 1. The van der Waals surface area contributed by atoms with Crippen LogP contribution >= 0.6 is 0 Å². The molecule has 0 radical (unpaired) electrons.